The van der Waals surface area contributed by atoms with Crippen molar-refractivity contribution < 1.29 is 14.6 Å². The zero-order chi connectivity index (χ0) is 4.99. The number of rotatable bonds is 2. The van der Waals surface area contributed by atoms with Crippen molar-refractivity contribution >= 4 is 8.03 Å². The van der Waals surface area contributed by atoms with Gasteiger partial charge in [0, 0.05) is 0 Å². The molecule has 0 bridgehead atoms. The first-order valence-corrected chi connectivity index (χ1v) is 2.87. The van der Waals surface area contributed by atoms with E-state index in [1.807, 2.05) is 0 Å². The molecule has 0 aliphatic heterocycles. The first-order chi connectivity index (χ1) is 2.77. The second-order valence-corrected chi connectivity index (χ2v) is 1.81. The summed E-state index contributed by atoms with van der Waals surface area (Å²) in [5, 5.41) is 7.85. The number of aliphatic hydroxyl groups is 1. The molecular formula is C2H6O3P. The predicted octanol–water partition coefficient (Wildman–Crippen LogP) is -0.393. The van der Waals surface area contributed by atoms with Crippen LogP contribution in [0.15, 0.2) is 0 Å². The van der Waals surface area contributed by atoms with Crippen molar-refractivity contribution in [3.8, 4) is 0 Å². The fourth-order valence-corrected chi connectivity index (χ4v) is 0.234. The molecule has 6 heavy (non-hydrogen) atoms. The fourth-order valence-electron chi connectivity index (χ4n) is 0.0781. The Labute approximate surface area is 36.5 Å². The SMILES string of the molecule is O=[PH](O)[CH]CO. The van der Waals surface area contributed by atoms with Crippen molar-refractivity contribution in [2.75, 3.05) is 6.61 Å². The van der Waals surface area contributed by atoms with Crippen LogP contribution < -0.4 is 0 Å². The molecule has 2 N–H and O–H groups in total. The van der Waals surface area contributed by atoms with E-state index in [0.29, 0.717) is 0 Å². The van der Waals surface area contributed by atoms with Crippen LogP contribution in [0.1, 0.15) is 0 Å². The first kappa shape index (κ1) is 6.15. The molecule has 3 nitrogen and oxygen atoms in total. The van der Waals surface area contributed by atoms with Gasteiger partial charge in [0.2, 0.25) is 0 Å². The summed E-state index contributed by atoms with van der Waals surface area (Å²) in [6.45, 7) is -0.311. The van der Waals surface area contributed by atoms with Crippen LogP contribution in [0.4, 0.5) is 0 Å². The second-order valence-electron chi connectivity index (χ2n) is 0.725. The van der Waals surface area contributed by atoms with Gasteiger partial charge in [0.25, 0.3) is 0 Å². The molecule has 37 valence electrons. The monoisotopic (exact) mass is 109 g/mol. The molecule has 4 heteroatoms. The molecule has 0 amide bonds. The molecule has 0 aliphatic carbocycles. The quantitative estimate of drug-likeness (QED) is 0.474. The van der Waals surface area contributed by atoms with E-state index in [4.69, 9.17) is 10.00 Å². The minimum Gasteiger partial charge on any atom is -0.395 e. The Kier molecular flexibility index (Phi) is 3.43. The summed E-state index contributed by atoms with van der Waals surface area (Å²) < 4.78 is 9.57. The Hall–Kier alpha value is 0.150. The van der Waals surface area contributed by atoms with Crippen LogP contribution in [0, 0.1) is 6.16 Å². The predicted molar refractivity (Wildman–Crippen MR) is 22.6 cm³/mol. The molecule has 0 aromatic heterocycles. The highest BCUT2D eigenvalue weighted by Gasteiger charge is 1.85. The smallest absolute Gasteiger partial charge is 0.195 e. The molecule has 1 atom stereocenters. The molecule has 0 saturated heterocycles. The topological polar surface area (TPSA) is 57.5 Å². The maximum absolute atomic E-state index is 9.57. The minimum absolute atomic E-state index is 0.311. The van der Waals surface area contributed by atoms with Gasteiger partial charge < -0.3 is 10.00 Å². The largest absolute Gasteiger partial charge is 0.395 e. The van der Waals surface area contributed by atoms with E-state index < -0.39 is 8.03 Å². The van der Waals surface area contributed by atoms with Crippen LogP contribution in [-0.4, -0.2) is 16.6 Å². The highest BCUT2D eigenvalue weighted by Crippen LogP contribution is 2.14. The van der Waals surface area contributed by atoms with Gasteiger partial charge in [-0.05, 0) is 0 Å². The summed E-state index contributed by atoms with van der Waals surface area (Å²) in [4.78, 5) is 7.88. The number of aliphatic hydroxyl groups excluding tert-OH is 1. The van der Waals surface area contributed by atoms with Gasteiger partial charge in [-0.1, -0.05) is 0 Å². The molecule has 0 aromatic carbocycles. The van der Waals surface area contributed by atoms with E-state index in [-0.39, 0.29) is 6.61 Å². The lowest BCUT2D eigenvalue weighted by molar-refractivity contribution is 0.333. The molecule has 0 fully saturated rings. The van der Waals surface area contributed by atoms with Crippen molar-refractivity contribution in [2.45, 2.75) is 0 Å². The Morgan fingerprint density at radius 2 is 2.33 bits per heavy atom. The van der Waals surface area contributed by atoms with Gasteiger partial charge in [-0.2, -0.15) is 0 Å². The third-order valence-electron chi connectivity index (χ3n) is 0.266. The lowest BCUT2D eigenvalue weighted by atomic mass is 10.9. The average Bonchev–Trinajstić information content (AvgIpc) is 1.35. The molecular weight excluding hydrogens is 103 g/mol. The Morgan fingerprint density at radius 3 is 2.33 bits per heavy atom. The van der Waals surface area contributed by atoms with Gasteiger partial charge in [-0.3, -0.25) is 4.57 Å². The fraction of sp³-hybridized carbons (Fsp3) is 0.500. The number of hydrogen-bond donors (Lipinski definition) is 2. The van der Waals surface area contributed by atoms with Crippen LogP contribution in [-0.2, 0) is 4.57 Å². The van der Waals surface area contributed by atoms with E-state index in [0.717, 1.165) is 6.16 Å². The molecule has 0 heterocycles. The second kappa shape index (κ2) is 3.34. The standard InChI is InChI=1S/C2H6O3P/c3-1-2-6(4)5/h2-3,6H,1H2,(H,4,5). The van der Waals surface area contributed by atoms with Gasteiger partial charge in [-0.15, -0.1) is 0 Å². The van der Waals surface area contributed by atoms with E-state index >= 15 is 0 Å². The Morgan fingerprint density at radius 1 is 1.83 bits per heavy atom. The molecule has 1 radical (unpaired) electrons. The van der Waals surface area contributed by atoms with Crippen molar-refractivity contribution in [1.29, 1.82) is 0 Å². The van der Waals surface area contributed by atoms with E-state index in [2.05, 4.69) is 0 Å². The van der Waals surface area contributed by atoms with Gasteiger partial charge in [0.15, 0.2) is 8.03 Å². The normalized spacial score (nSPS) is 14.3. The minimum atomic E-state index is -2.51. The first-order valence-electron chi connectivity index (χ1n) is 1.44. The average molecular weight is 109 g/mol. The summed E-state index contributed by atoms with van der Waals surface area (Å²) in [5.41, 5.74) is 0. The number of hydrogen-bond acceptors (Lipinski definition) is 2. The molecule has 0 aliphatic rings. The zero-order valence-electron chi connectivity index (χ0n) is 3.09. The van der Waals surface area contributed by atoms with Gasteiger partial charge >= 0.3 is 0 Å². The summed E-state index contributed by atoms with van der Waals surface area (Å²) >= 11 is 0. The molecule has 0 spiro atoms. The van der Waals surface area contributed by atoms with Crippen LogP contribution in [0.2, 0.25) is 0 Å². The summed E-state index contributed by atoms with van der Waals surface area (Å²) in [5.74, 6) is 0. The van der Waals surface area contributed by atoms with Gasteiger partial charge in [0.1, 0.15) is 0 Å². The third-order valence-corrected chi connectivity index (χ3v) is 0.798. The Bertz CT molecular complexity index is 52.8. The van der Waals surface area contributed by atoms with Crippen molar-refractivity contribution in [1.82, 2.24) is 0 Å². The maximum Gasteiger partial charge on any atom is 0.195 e. The third kappa shape index (κ3) is 4.15. The van der Waals surface area contributed by atoms with Crippen LogP contribution in [0.3, 0.4) is 0 Å². The zero-order valence-corrected chi connectivity index (χ0v) is 4.09. The van der Waals surface area contributed by atoms with Crippen molar-refractivity contribution in [2.24, 2.45) is 0 Å². The Balaban J connectivity index is 2.83. The lowest BCUT2D eigenvalue weighted by Crippen LogP contribution is -1.73. The molecule has 0 saturated carbocycles. The van der Waals surface area contributed by atoms with Crippen LogP contribution in [0.25, 0.3) is 0 Å². The molecule has 0 rings (SSSR count). The van der Waals surface area contributed by atoms with Crippen LogP contribution >= 0.6 is 8.03 Å². The lowest BCUT2D eigenvalue weighted by Gasteiger charge is -1.81. The van der Waals surface area contributed by atoms with Crippen molar-refractivity contribution in [3.05, 3.63) is 6.16 Å². The summed E-state index contributed by atoms with van der Waals surface area (Å²) in [7, 11) is -2.51. The maximum atomic E-state index is 9.57. The van der Waals surface area contributed by atoms with Crippen molar-refractivity contribution in [3.63, 3.8) is 0 Å². The van der Waals surface area contributed by atoms with E-state index in [9.17, 15) is 4.57 Å². The highest BCUT2D eigenvalue weighted by molar-refractivity contribution is 7.40. The van der Waals surface area contributed by atoms with E-state index in [1.54, 1.807) is 0 Å². The van der Waals surface area contributed by atoms with Crippen LogP contribution in [0.5, 0.6) is 0 Å². The summed E-state index contributed by atoms with van der Waals surface area (Å²) in [6, 6.07) is 0. The molecule has 1 unspecified atom stereocenters. The van der Waals surface area contributed by atoms with E-state index in [1.165, 1.54) is 0 Å². The molecule has 0 aromatic rings. The highest BCUT2D eigenvalue weighted by atomic mass is 31.1. The van der Waals surface area contributed by atoms with Gasteiger partial charge in [-0.25, -0.2) is 0 Å². The summed E-state index contributed by atoms with van der Waals surface area (Å²) in [6.07, 6.45) is 0.949. The van der Waals surface area contributed by atoms with Gasteiger partial charge in [0.05, 0.1) is 12.8 Å².